The standard InChI is InChI=1S/C47H74O5/c1-4-6-8-10-12-14-16-18-20-22-24-26-28-30-32-34-39-36-40(48)37-42(49)45(39)46-41(47(51)44(52-3)38-43(46)50)35-33-31-29-27-25-23-21-19-17-15-13-11-9-7-5-2/h18-21,36-38,48-49H,4-17,22-35H2,1-3H3/b20-18-,21-19-. The molecule has 0 aliphatic heterocycles. The van der Waals surface area contributed by atoms with Gasteiger partial charge in [0.1, 0.15) is 11.5 Å². The van der Waals surface area contributed by atoms with Crippen molar-refractivity contribution in [2.45, 2.75) is 194 Å². The molecule has 5 nitrogen and oxygen atoms in total. The summed E-state index contributed by atoms with van der Waals surface area (Å²) in [6, 6.07) is 2.92. The molecule has 0 atom stereocenters. The van der Waals surface area contributed by atoms with Crippen LogP contribution >= 0.6 is 0 Å². The molecule has 52 heavy (non-hydrogen) atoms. The van der Waals surface area contributed by atoms with E-state index in [0.29, 0.717) is 29.5 Å². The molecule has 1 aliphatic rings. The molecule has 1 aromatic rings. The number of ketones is 2. The van der Waals surface area contributed by atoms with E-state index in [9.17, 15) is 19.8 Å². The SMILES string of the molecule is CCCCCCCC/C=C\CCCCCCCC1=C(c2c(O)cc(O)cc2CCCCCCC/C=C\CCCCCCCC)C(=O)C=C(OC)C1=O. The van der Waals surface area contributed by atoms with Crippen LogP contribution in [0.5, 0.6) is 11.5 Å². The summed E-state index contributed by atoms with van der Waals surface area (Å²) in [4.78, 5) is 27.0. The summed E-state index contributed by atoms with van der Waals surface area (Å²) in [5, 5.41) is 21.5. The predicted molar refractivity (Wildman–Crippen MR) is 220 cm³/mol. The Hall–Kier alpha value is -3.08. The van der Waals surface area contributed by atoms with E-state index in [-0.39, 0.29) is 34.4 Å². The van der Waals surface area contributed by atoms with E-state index in [1.54, 1.807) is 6.07 Å². The fourth-order valence-corrected chi connectivity index (χ4v) is 7.25. The number of aryl methyl sites for hydroxylation is 1. The molecule has 0 unspecified atom stereocenters. The van der Waals surface area contributed by atoms with Gasteiger partial charge in [0.15, 0.2) is 11.5 Å². The molecule has 0 heterocycles. The van der Waals surface area contributed by atoms with Crippen molar-refractivity contribution in [3.05, 3.63) is 65.0 Å². The summed E-state index contributed by atoms with van der Waals surface area (Å²) in [5.41, 5.74) is 1.78. The van der Waals surface area contributed by atoms with Crippen molar-refractivity contribution in [3.8, 4) is 11.5 Å². The van der Waals surface area contributed by atoms with E-state index in [1.807, 2.05) is 0 Å². The first-order chi connectivity index (χ1) is 25.4. The van der Waals surface area contributed by atoms with Crippen LogP contribution in [-0.2, 0) is 20.7 Å². The third kappa shape index (κ3) is 18.6. The number of unbranched alkanes of at least 4 members (excludes halogenated alkanes) is 22. The van der Waals surface area contributed by atoms with Gasteiger partial charge in [-0.1, -0.05) is 141 Å². The number of methoxy groups -OCH3 is 1. The topological polar surface area (TPSA) is 83.8 Å². The van der Waals surface area contributed by atoms with Gasteiger partial charge in [0, 0.05) is 28.9 Å². The fraction of sp³-hybridized carbons (Fsp3) is 0.660. The number of carbonyl (C=O) groups excluding carboxylic acids is 2. The molecular formula is C47H74O5. The van der Waals surface area contributed by atoms with Crippen molar-refractivity contribution in [1.82, 2.24) is 0 Å². The Bertz CT molecular complexity index is 1270. The van der Waals surface area contributed by atoms with Crippen molar-refractivity contribution < 1.29 is 24.5 Å². The van der Waals surface area contributed by atoms with Crippen LogP contribution in [0.3, 0.4) is 0 Å². The summed E-state index contributed by atoms with van der Waals surface area (Å²) in [6.07, 6.45) is 42.8. The smallest absolute Gasteiger partial charge is 0.224 e. The molecule has 0 aromatic heterocycles. The maximum atomic E-state index is 13.5. The lowest BCUT2D eigenvalue weighted by Gasteiger charge is -2.22. The van der Waals surface area contributed by atoms with E-state index in [2.05, 4.69) is 38.2 Å². The van der Waals surface area contributed by atoms with Gasteiger partial charge >= 0.3 is 0 Å². The number of Topliss-reactive ketones (excluding diaryl/α,β-unsaturated/α-hetero) is 1. The largest absolute Gasteiger partial charge is 0.508 e. The Kier molecular flexibility index (Phi) is 25.5. The minimum Gasteiger partial charge on any atom is -0.508 e. The van der Waals surface area contributed by atoms with Crippen LogP contribution < -0.4 is 0 Å². The van der Waals surface area contributed by atoms with Crippen LogP contribution in [0.15, 0.2) is 53.8 Å². The number of allylic oxidation sites excluding steroid dienone is 7. The highest BCUT2D eigenvalue weighted by atomic mass is 16.5. The molecule has 292 valence electrons. The molecule has 0 spiro atoms. The maximum absolute atomic E-state index is 13.5. The third-order valence-corrected chi connectivity index (χ3v) is 10.4. The minimum absolute atomic E-state index is 0.0360. The number of hydrogen-bond donors (Lipinski definition) is 2. The zero-order valence-corrected chi connectivity index (χ0v) is 33.5. The van der Waals surface area contributed by atoms with Crippen LogP contribution in [0.4, 0.5) is 0 Å². The van der Waals surface area contributed by atoms with Gasteiger partial charge in [0.25, 0.3) is 0 Å². The maximum Gasteiger partial charge on any atom is 0.224 e. The van der Waals surface area contributed by atoms with Gasteiger partial charge in [0.2, 0.25) is 5.78 Å². The van der Waals surface area contributed by atoms with E-state index < -0.39 is 0 Å². The third-order valence-electron chi connectivity index (χ3n) is 10.4. The molecule has 0 fully saturated rings. The lowest BCUT2D eigenvalue weighted by atomic mass is 9.82. The monoisotopic (exact) mass is 719 g/mol. The molecule has 2 rings (SSSR count). The second-order valence-corrected chi connectivity index (χ2v) is 14.9. The summed E-state index contributed by atoms with van der Waals surface area (Å²) >= 11 is 0. The van der Waals surface area contributed by atoms with Gasteiger partial charge in [-0.3, -0.25) is 9.59 Å². The molecule has 2 N–H and O–H groups in total. The summed E-state index contributed by atoms with van der Waals surface area (Å²) in [7, 11) is 1.41. The molecular weight excluding hydrogens is 645 g/mol. The van der Waals surface area contributed by atoms with Gasteiger partial charge in [-0.05, 0) is 88.7 Å². The number of ether oxygens (including phenoxy) is 1. The summed E-state index contributed by atoms with van der Waals surface area (Å²) < 4.78 is 5.30. The van der Waals surface area contributed by atoms with Crippen LogP contribution in [0.25, 0.3) is 5.57 Å². The first-order valence-electron chi connectivity index (χ1n) is 21.4. The molecule has 0 saturated heterocycles. The number of phenolic OH excluding ortho intramolecular Hbond substituents is 2. The van der Waals surface area contributed by atoms with Gasteiger partial charge in [-0.15, -0.1) is 0 Å². The first kappa shape index (κ1) is 45.1. The van der Waals surface area contributed by atoms with Crippen molar-refractivity contribution in [2.75, 3.05) is 7.11 Å². The normalized spacial score (nSPS) is 13.6. The molecule has 5 heteroatoms. The average molecular weight is 719 g/mol. The van der Waals surface area contributed by atoms with Crippen LogP contribution in [-0.4, -0.2) is 28.9 Å². The van der Waals surface area contributed by atoms with E-state index in [0.717, 1.165) is 64.2 Å². The Labute approximate surface area is 318 Å². The van der Waals surface area contributed by atoms with E-state index in [4.69, 9.17) is 4.74 Å². The Morgan fingerprint density at radius 3 is 1.44 bits per heavy atom. The average Bonchev–Trinajstić information content (AvgIpc) is 3.13. The van der Waals surface area contributed by atoms with Crippen molar-refractivity contribution in [2.24, 2.45) is 0 Å². The van der Waals surface area contributed by atoms with Crippen molar-refractivity contribution in [1.29, 1.82) is 0 Å². The Morgan fingerprint density at radius 1 is 0.558 bits per heavy atom. The first-order valence-corrected chi connectivity index (χ1v) is 21.4. The lowest BCUT2D eigenvalue weighted by molar-refractivity contribution is -0.117. The van der Waals surface area contributed by atoms with Gasteiger partial charge in [-0.25, -0.2) is 0 Å². The number of hydrogen-bond acceptors (Lipinski definition) is 5. The van der Waals surface area contributed by atoms with Gasteiger partial charge < -0.3 is 14.9 Å². The molecule has 0 amide bonds. The molecule has 0 bridgehead atoms. The highest BCUT2D eigenvalue weighted by Gasteiger charge is 2.32. The predicted octanol–water partition coefficient (Wildman–Crippen LogP) is 13.8. The van der Waals surface area contributed by atoms with Crippen LogP contribution in [0, 0.1) is 0 Å². The van der Waals surface area contributed by atoms with Crippen molar-refractivity contribution >= 4 is 17.1 Å². The lowest BCUT2D eigenvalue weighted by Crippen LogP contribution is -2.20. The van der Waals surface area contributed by atoms with Gasteiger partial charge in [-0.2, -0.15) is 0 Å². The summed E-state index contributed by atoms with van der Waals surface area (Å²) in [6.45, 7) is 4.51. The number of benzene rings is 1. The number of carbonyl (C=O) groups is 2. The second kappa shape index (κ2) is 29.4. The Morgan fingerprint density at radius 2 is 0.981 bits per heavy atom. The molecule has 0 radical (unpaired) electrons. The molecule has 0 saturated carbocycles. The number of rotatable bonds is 32. The zero-order chi connectivity index (χ0) is 37.7. The van der Waals surface area contributed by atoms with E-state index in [1.165, 1.54) is 122 Å². The number of phenols is 2. The quantitative estimate of drug-likeness (QED) is 0.0440. The summed E-state index contributed by atoms with van der Waals surface area (Å²) in [5.74, 6) is -0.757. The van der Waals surface area contributed by atoms with Crippen LogP contribution in [0.1, 0.15) is 198 Å². The highest BCUT2D eigenvalue weighted by Crippen LogP contribution is 2.40. The fourth-order valence-electron chi connectivity index (χ4n) is 7.25. The number of aromatic hydroxyl groups is 2. The minimum atomic E-state index is -0.328. The van der Waals surface area contributed by atoms with Crippen LogP contribution in [0.2, 0.25) is 0 Å². The Balaban J connectivity index is 1.86. The van der Waals surface area contributed by atoms with Crippen molar-refractivity contribution in [3.63, 3.8) is 0 Å². The zero-order valence-electron chi connectivity index (χ0n) is 33.5. The van der Waals surface area contributed by atoms with E-state index >= 15 is 0 Å². The molecule has 1 aromatic carbocycles. The highest BCUT2D eigenvalue weighted by molar-refractivity contribution is 6.37. The van der Waals surface area contributed by atoms with Gasteiger partial charge in [0.05, 0.1) is 7.11 Å². The molecule has 1 aliphatic carbocycles. The second-order valence-electron chi connectivity index (χ2n) is 14.9.